The van der Waals surface area contributed by atoms with Gasteiger partial charge in [-0.15, -0.1) is 0 Å². The van der Waals surface area contributed by atoms with Crippen LogP contribution in [0, 0.1) is 0 Å². The number of carbonyl (C=O) groups excluding carboxylic acids is 2. The van der Waals surface area contributed by atoms with E-state index in [1.165, 1.54) is 16.2 Å². The van der Waals surface area contributed by atoms with Gasteiger partial charge in [0.25, 0.3) is 11.8 Å². The molecule has 0 radical (unpaired) electrons. The Kier molecular flexibility index (Phi) is 5.56. The molecule has 27 heavy (non-hydrogen) atoms. The van der Waals surface area contributed by atoms with Crippen molar-refractivity contribution in [3.05, 3.63) is 48.0 Å². The summed E-state index contributed by atoms with van der Waals surface area (Å²) >= 11 is 1.35. The molecule has 0 aliphatic carbocycles. The van der Waals surface area contributed by atoms with Crippen molar-refractivity contribution in [2.45, 2.75) is 0 Å². The molecule has 0 fully saturated rings. The fourth-order valence-corrected chi connectivity index (χ4v) is 3.23. The molecule has 8 heteroatoms. The number of hydrogen-bond acceptors (Lipinski definition) is 6. The van der Waals surface area contributed by atoms with Gasteiger partial charge in [0, 0.05) is 14.1 Å². The van der Waals surface area contributed by atoms with Crippen LogP contribution in [-0.4, -0.2) is 49.5 Å². The molecule has 0 bridgehead atoms. The van der Waals surface area contributed by atoms with Crippen LogP contribution in [-0.2, 0) is 4.79 Å². The fraction of sp³-hybridized carbons (Fsp3) is 0.211. The minimum absolute atomic E-state index is 0.143. The first kappa shape index (κ1) is 18.7. The first-order chi connectivity index (χ1) is 13.0. The maximum absolute atomic E-state index is 12.7. The van der Waals surface area contributed by atoms with Crippen LogP contribution in [0.5, 0.6) is 11.5 Å². The van der Waals surface area contributed by atoms with Crippen molar-refractivity contribution in [3.8, 4) is 11.5 Å². The molecule has 0 aliphatic rings. The zero-order valence-corrected chi connectivity index (χ0v) is 16.0. The smallest absolute Gasteiger partial charge is 0.261 e. The standard InChI is InChI=1S/C19H19N3O4S/c1-22(2)16(23)11-26-13-8-5-4-7-12(13)18(24)21-19-20-17-14(25-3)9-6-10-15(17)27-19/h4-10H,11H2,1-3H3,(H,20,21,24). The molecule has 140 valence electrons. The van der Waals surface area contributed by atoms with Crippen LogP contribution in [0.3, 0.4) is 0 Å². The first-order valence-electron chi connectivity index (χ1n) is 8.16. The third kappa shape index (κ3) is 4.17. The largest absolute Gasteiger partial charge is 0.494 e. The highest BCUT2D eigenvalue weighted by Gasteiger charge is 2.16. The number of nitrogens with one attached hydrogen (secondary N) is 1. The molecular formula is C19H19N3O4S. The normalized spacial score (nSPS) is 10.5. The predicted molar refractivity (Wildman–Crippen MR) is 105 cm³/mol. The third-order valence-corrected chi connectivity index (χ3v) is 4.74. The van der Waals surface area contributed by atoms with E-state index in [9.17, 15) is 9.59 Å². The van der Waals surface area contributed by atoms with E-state index < -0.39 is 0 Å². The first-order valence-corrected chi connectivity index (χ1v) is 8.98. The number of methoxy groups -OCH3 is 1. The predicted octanol–water partition coefficient (Wildman–Crippen LogP) is 3.02. The Morgan fingerprint density at radius 3 is 2.59 bits per heavy atom. The van der Waals surface area contributed by atoms with Crippen LogP contribution in [0.1, 0.15) is 10.4 Å². The van der Waals surface area contributed by atoms with Crippen molar-refractivity contribution in [1.29, 1.82) is 0 Å². The summed E-state index contributed by atoms with van der Waals surface area (Å²) in [6.45, 7) is -0.143. The van der Waals surface area contributed by atoms with Gasteiger partial charge in [0.2, 0.25) is 0 Å². The van der Waals surface area contributed by atoms with Crippen molar-refractivity contribution < 1.29 is 19.1 Å². The van der Waals surface area contributed by atoms with Gasteiger partial charge < -0.3 is 14.4 Å². The molecule has 0 saturated heterocycles. The maximum Gasteiger partial charge on any atom is 0.261 e. The van der Waals surface area contributed by atoms with Gasteiger partial charge in [0.15, 0.2) is 11.7 Å². The molecule has 3 aromatic rings. The number of thiazole rings is 1. The lowest BCUT2D eigenvalue weighted by Crippen LogP contribution is -2.28. The van der Waals surface area contributed by atoms with E-state index in [2.05, 4.69) is 10.3 Å². The summed E-state index contributed by atoms with van der Waals surface area (Å²) in [5, 5.41) is 3.24. The average molecular weight is 385 g/mol. The van der Waals surface area contributed by atoms with Crippen molar-refractivity contribution in [2.24, 2.45) is 0 Å². The van der Waals surface area contributed by atoms with Crippen molar-refractivity contribution in [1.82, 2.24) is 9.88 Å². The van der Waals surface area contributed by atoms with E-state index in [0.717, 1.165) is 4.70 Å². The van der Waals surface area contributed by atoms with E-state index in [1.54, 1.807) is 45.5 Å². The summed E-state index contributed by atoms with van der Waals surface area (Å²) < 4.78 is 11.7. The van der Waals surface area contributed by atoms with Gasteiger partial charge in [-0.05, 0) is 24.3 Å². The van der Waals surface area contributed by atoms with Crippen LogP contribution < -0.4 is 14.8 Å². The number of aromatic nitrogens is 1. The lowest BCUT2D eigenvalue weighted by Gasteiger charge is -2.13. The minimum atomic E-state index is -0.360. The summed E-state index contributed by atoms with van der Waals surface area (Å²) in [4.78, 5) is 30.3. The van der Waals surface area contributed by atoms with Crippen molar-refractivity contribution in [3.63, 3.8) is 0 Å². The van der Waals surface area contributed by atoms with Crippen LogP contribution in [0.15, 0.2) is 42.5 Å². The number of anilines is 1. The molecule has 2 aromatic carbocycles. The average Bonchev–Trinajstić information content (AvgIpc) is 3.08. The van der Waals surface area contributed by atoms with Crippen LogP contribution in [0.25, 0.3) is 10.2 Å². The van der Waals surface area contributed by atoms with E-state index >= 15 is 0 Å². The van der Waals surface area contributed by atoms with E-state index in [-0.39, 0.29) is 18.4 Å². The number of hydrogen-bond donors (Lipinski definition) is 1. The molecule has 0 saturated carbocycles. The molecule has 0 spiro atoms. The SMILES string of the molecule is COc1cccc2sc(NC(=O)c3ccccc3OCC(=O)N(C)C)nc12. The van der Waals surface area contributed by atoms with Gasteiger partial charge in [-0.25, -0.2) is 4.98 Å². The number of rotatable bonds is 6. The molecular weight excluding hydrogens is 366 g/mol. The number of ether oxygens (including phenoxy) is 2. The van der Waals surface area contributed by atoms with Gasteiger partial charge in [0.05, 0.1) is 17.4 Å². The Hall–Kier alpha value is -3.13. The number of carbonyl (C=O) groups is 2. The lowest BCUT2D eigenvalue weighted by molar-refractivity contribution is -0.130. The highest BCUT2D eigenvalue weighted by molar-refractivity contribution is 7.22. The topological polar surface area (TPSA) is 80.8 Å². The van der Waals surface area contributed by atoms with E-state index in [1.807, 2.05) is 18.2 Å². The molecule has 1 heterocycles. The maximum atomic E-state index is 12.7. The highest BCUT2D eigenvalue weighted by Crippen LogP contribution is 2.32. The van der Waals surface area contributed by atoms with Crippen LogP contribution >= 0.6 is 11.3 Å². The molecule has 1 aromatic heterocycles. The van der Waals surface area contributed by atoms with Gasteiger partial charge in [-0.3, -0.25) is 14.9 Å². The lowest BCUT2D eigenvalue weighted by atomic mass is 10.2. The Balaban J connectivity index is 1.79. The Labute approximate surface area is 160 Å². The van der Waals surface area contributed by atoms with Crippen LogP contribution in [0.2, 0.25) is 0 Å². The van der Waals surface area contributed by atoms with E-state index in [4.69, 9.17) is 9.47 Å². The Bertz CT molecular complexity index is 984. The second-order valence-electron chi connectivity index (χ2n) is 5.85. The van der Waals surface area contributed by atoms with E-state index in [0.29, 0.717) is 27.7 Å². The minimum Gasteiger partial charge on any atom is -0.494 e. The number of para-hydroxylation sites is 2. The second-order valence-corrected chi connectivity index (χ2v) is 6.88. The molecule has 2 amide bonds. The van der Waals surface area contributed by atoms with Crippen molar-refractivity contribution >= 4 is 38.5 Å². The zero-order chi connectivity index (χ0) is 19.4. The molecule has 0 atom stereocenters. The molecule has 0 unspecified atom stereocenters. The highest BCUT2D eigenvalue weighted by atomic mass is 32.1. The van der Waals surface area contributed by atoms with Crippen molar-refractivity contribution in [2.75, 3.05) is 33.1 Å². The third-order valence-electron chi connectivity index (χ3n) is 3.80. The second kappa shape index (κ2) is 8.05. The molecule has 7 nitrogen and oxygen atoms in total. The number of fused-ring (bicyclic) bond motifs is 1. The monoisotopic (exact) mass is 385 g/mol. The summed E-state index contributed by atoms with van der Waals surface area (Å²) in [6.07, 6.45) is 0. The summed E-state index contributed by atoms with van der Waals surface area (Å²) in [6, 6.07) is 12.4. The quantitative estimate of drug-likeness (QED) is 0.705. The van der Waals surface area contributed by atoms with Gasteiger partial charge in [-0.2, -0.15) is 0 Å². The van der Waals surface area contributed by atoms with Crippen LogP contribution in [0.4, 0.5) is 5.13 Å². The van der Waals surface area contributed by atoms with Gasteiger partial charge in [-0.1, -0.05) is 29.5 Å². The Morgan fingerprint density at radius 1 is 1.11 bits per heavy atom. The summed E-state index contributed by atoms with van der Waals surface area (Å²) in [5.41, 5.74) is 1.02. The molecule has 0 aliphatic heterocycles. The number of nitrogens with zero attached hydrogens (tertiary/aromatic N) is 2. The number of likely N-dealkylation sites (N-methyl/N-ethyl adjacent to an activating group) is 1. The molecule has 1 N–H and O–H groups in total. The summed E-state index contributed by atoms with van der Waals surface area (Å²) in [5.74, 6) is 0.434. The zero-order valence-electron chi connectivity index (χ0n) is 15.2. The Morgan fingerprint density at radius 2 is 1.85 bits per heavy atom. The number of amides is 2. The summed E-state index contributed by atoms with van der Waals surface area (Å²) in [7, 11) is 4.87. The molecule has 3 rings (SSSR count). The number of benzene rings is 2. The van der Waals surface area contributed by atoms with Gasteiger partial charge in [0.1, 0.15) is 17.0 Å². The fourth-order valence-electron chi connectivity index (χ4n) is 2.35. The van der Waals surface area contributed by atoms with Gasteiger partial charge >= 0.3 is 0 Å².